The van der Waals surface area contributed by atoms with Crippen LogP contribution in [0.25, 0.3) is 11.1 Å². The van der Waals surface area contributed by atoms with Gasteiger partial charge in [0.15, 0.2) is 11.4 Å². The summed E-state index contributed by atoms with van der Waals surface area (Å²) in [7, 11) is 1.70. The topological polar surface area (TPSA) is 133 Å². The van der Waals surface area contributed by atoms with Crippen LogP contribution in [0.1, 0.15) is 48.4 Å². The zero-order chi connectivity index (χ0) is 30.3. The third-order valence-electron chi connectivity index (χ3n) is 8.10. The molecule has 14 heteroatoms. The highest BCUT2D eigenvalue weighted by molar-refractivity contribution is 5.98. The lowest BCUT2D eigenvalue weighted by Gasteiger charge is -2.57. The number of aliphatic hydroxyl groups excluding tert-OH is 1. The van der Waals surface area contributed by atoms with Crippen LogP contribution in [0, 0.1) is 11.6 Å². The maximum absolute atomic E-state index is 14.2. The van der Waals surface area contributed by atoms with E-state index in [1.807, 2.05) is 0 Å². The number of nitrogens with zero attached hydrogens (tertiary/aromatic N) is 6. The molecule has 224 valence electrons. The van der Waals surface area contributed by atoms with Crippen molar-refractivity contribution in [3.8, 4) is 16.9 Å². The number of carbonyl (C=O) groups excluding carboxylic acids is 2. The molecule has 0 bridgehead atoms. The normalized spacial score (nSPS) is 16.2. The molecule has 4 heterocycles. The van der Waals surface area contributed by atoms with Crippen LogP contribution in [0.4, 0.5) is 13.6 Å². The predicted molar refractivity (Wildman–Crippen MR) is 146 cm³/mol. The average molecular weight is 587 g/mol. The molecule has 0 saturated carbocycles. The second-order valence-corrected chi connectivity index (χ2v) is 10.2. The third-order valence-corrected chi connectivity index (χ3v) is 8.10. The molecule has 2 N–H and O–H groups in total. The molecule has 2 aliphatic heterocycles. The van der Waals surface area contributed by atoms with Gasteiger partial charge < -0.3 is 24.7 Å². The summed E-state index contributed by atoms with van der Waals surface area (Å²) in [6, 6.07) is 3.18. The van der Waals surface area contributed by atoms with E-state index in [2.05, 4.69) is 5.10 Å². The van der Waals surface area contributed by atoms with Gasteiger partial charge in [0, 0.05) is 62.9 Å². The molecule has 0 atom stereocenters. The van der Waals surface area contributed by atoms with Gasteiger partial charge in [-0.1, -0.05) is 6.07 Å². The molecule has 12 nitrogen and oxygen atoms in total. The minimum atomic E-state index is -0.936. The summed E-state index contributed by atoms with van der Waals surface area (Å²) < 4.78 is 35.4. The van der Waals surface area contributed by atoms with Crippen LogP contribution in [0.15, 0.2) is 35.4 Å². The molecule has 42 heavy (non-hydrogen) atoms. The second-order valence-electron chi connectivity index (χ2n) is 10.2. The van der Waals surface area contributed by atoms with Gasteiger partial charge in [0.25, 0.3) is 5.91 Å². The van der Waals surface area contributed by atoms with Crippen LogP contribution in [0.3, 0.4) is 0 Å². The van der Waals surface area contributed by atoms with Crippen molar-refractivity contribution in [3.63, 3.8) is 0 Å². The van der Waals surface area contributed by atoms with Gasteiger partial charge in [-0.2, -0.15) is 5.10 Å². The van der Waals surface area contributed by atoms with Crippen molar-refractivity contribution in [1.82, 2.24) is 24.3 Å². The first kappa shape index (κ1) is 29.0. The monoisotopic (exact) mass is 586 g/mol. The Morgan fingerprint density at radius 2 is 1.88 bits per heavy atom. The highest BCUT2D eigenvalue weighted by Crippen LogP contribution is 2.39. The number of amides is 2. The lowest BCUT2D eigenvalue weighted by atomic mass is 9.91. The molecule has 2 aliphatic rings. The van der Waals surface area contributed by atoms with Crippen molar-refractivity contribution in [2.75, 3.05) is 38.3 Å². The summed E-state index contributed by atoms with van der Waals surface area (Å²) >= 11 is 0. The van der Waals surface area contributed by atoms with Crippen LogP contribution < -0.4 is 10.4 Å². The average Bonchev–Trinajstić information content (AvgIpc) is 3.43. The van der Waals surface area contributed by atoms with E-state index in [-0.39, 0.29) is 47.8 Å². The first-order chi connectivity index (χ1) is 20.1. The van der Waals surface area contributed by atoms with E-state index in [1.165, 1.54) is 27.8 Å². The molecule has 1 aromatic carbocycles. The number of piperidine rings is 1. The Balaban J connectivity index is 1.58. The quantitative estimate of drug-likeness (QED) is 0.450. The molecule has 2 amide bonds. The van der Waals surface area contributed by atoms with Crippen molar-refractivity contribution in [3.05, 3.63) is 69.4 Å². The Morgan fingerprint density at radius 3 is 2.50 bits per heavy atom. The van der Waals surface area contributed by atoms with E-state index in [4.69, 9.17) is 4.74 Å². The SMILES string of the molecule is CCOC(=O)N1CCC2(CC1)N(CC)C(=O)c1c(O)c(=O)c(-c3cnn(Cc4ccc(F)cc4F)c3)c(CO)n1N2C. The maximum Gasteiger partial charge on any atom is 0.409 e. The van der Waals surface area contributed by atoms with E-state index in [9.17, 15) is 33.4 Å². The number of ether oxygens (including phenoxy) is 1. The van der Waals surface area contributed by atoms with Crippen LogP contribution >= 0.6 is 0 Å². The number of benzene rings is 1. The Hall–Kier alpha value is -4.46. The summed E-state index contributed by atoms with van der Waals surface area (Å²) in [4.78, 5) is 42.9. The number of rotatable bonds is 6. The van der Waals surface area contributed by atoms with Gasteiger partial charge in [0.1, 0.15) is 17.3 Å². The molecule has 1 spiro atoms. The number of halogens is 2. The first-order valence-corrected chi connectivity index (χ1v) is 13.6. The number of aromatic hydroxyl groups is 1. The Bertz CT molecular complexity index is 1600. The first-order valence-electron chi connectivity index (χ1n) is 13.6. The van der Waals surface area contributed by atoms with Crippen LogP contribution in [0.5, 0.6) is 5.75 Å². The number of fused-ring (bicyclic) bond motifs is 1. The molecular weight excluding hydrogens is 554 g/mol. The minimum Gasteiger partial charge on any atom is -0.502 e. The number of likely N-dealkylation sites (tertiary alicyclic amines) is 1. The van der Waals surface area contributed by atoms with E-state index < -0.39 is 47.1 Å². The van der Waals surface area contributed by atoms with Gasteiger partial charge in [0.2, 0.25) is 5.43 Å². The largest absolute Gasteiger partial charge is 0.502 e. The highest BCUT2D eigenvalue weighted by Gasteiger charge is 2.52. The van der Waals surface area contributed by atoms with Crippen molar-refractivity contribution >= 4 is 12.0 Å². The van der Waals surface area contributed by atoms with Gasteiger partial charge in [-0.25, -0.2) is 18.3 Å². The van der Waals surface area contributed by atoms with Crippen LogP contribution in [-0.4, -0.2) is 85.4 Å². The molecule has 2 aromatic heterocycles. The smallest absolute Gasteiger partial charge is 0.409 e. The second kappa shape index (κ2) is 11.1. The molecule has 0 unspecified atom stereocenters. The summed E-state index contributed by atoms with van der Waals surface area (Å²) in [5.41, 5.74) is -1.72. The van der Waals surface area contributed by atoms with Crippen LogP contribution in [-0.2, 0) is 17.9 Å². The fourth-order valence-electron chi connectivity index (χ4n) is 6.04. The number of hydrogen-bond acceptors (Lipinski definition) is 8. The summed E-state index contributed by atoms with van der Waals surface area (Å²) in [6.07, 6.45) is 3.02. The third kappa shape index (κ3) is 4.55. The molecule has 1 saturated heterocycles. The molecule has 0 aliphatic carbocycles. The van der Waals surface area contributed by atoms with Gasteiger partial charge in [0.05, 0.1) is 37.2 Å². The molecule has 1 fully saturated rings. The van der Waals surface area contributed by atoms with E-state index in [0.29, 0.717) is 25.9 Å². The summed E-state index contributed by atoms with van der Waals surface area (Å²) in [5, 5.41) is 27.6. The van der Waals surface area contributed by atoms with Crippen molar-refractivity contribution in [2.45, 2.75) is 45.5 Å². The Kier molecular flexibility index (Phi) is 7.66. The number of hydrogen-bond donors (Lipinski definition) is 2. The molecular formula is C28H32F2N6O6. The Morgan fingerprint density at radius 1 is 1.17 bits per heavy atom. The zero-order valence-corrected chi connectivity index (χ0v) is 23.5. The van der Waals surface area contributed by atoms with Gasteiger partial charge >= 0.3 is 6.09 Å². The zero-order valence-electron chi connectivity index (χ0n) is 23.5. The van der Waals surface area contributed by atoms with E-state index >= 15 is 0 Å². The fraction of sp³-hybridized carbons (Fsp3) is 0.429. The number of aliphatic hydroxyl groups is 1. The molecule has 0 radical (unpaired) electrons. The van der Waals surface area contributed by atoms with E-state index in [1.54, 1.807) is 35.7 Å². The van der Waals surface area contributed by atoms with Gasteiger partial charge in [-0.15, -0.1) is 0 Å². The van der Waals surface area contributed by atoms with E-state index in [0.717, 1.165) is 12.1 Å². The number of aromatic nitrogens is 3. The Labute approximate surface area is 239 Å². The van der Waals surface area contributed by atoms with Crippen molar-refractivity contribution in [1.29, 1.82) is 0 Å². The van der Waals surface area contributed by atoms with Gasteiger partial charge in [-0.3, -0.25) is 19.3 Å². The minimum absolute atomic E-state index is 0.0547. The van der Waals surface area contributed by atoms with Crippen LogP contribution in [0.2, 0.25) is 0 Å². The molecule has 5 rings (SSSR count). The lowest BCUT2D eigenvalue weighted by Crippen LogP contribution is -2.72. The molecule has 3 aromatic rings. The van der Waals surface area contributed by atoms with Crippen molar-refractivity contribution in [2.24, 2.45) is 0 Å². The number of pyridine rings is 1. The van der Waals surface area contributed by atoms with Gasteiger partial charge in [-0.05, 0) is 19.9 Å². The number of carbonyl (C=O) groups is 2. The van der Waals surface area contributed by atoms with Crippen molar-refractivity contribution < 1.29 is 33.3 Å². The fourth-order valence-corrected chi connectivity index (χ4v) is 6.04. The predicted octanol–water partition coefficient (Wildman–Crippen LogP) is 2.23. The maximum atomic E-state index is 14.2. The standard InChI is InChI=1S/C28H32F2N6O6/c1-4-35-26(40)23-25(39)24(38)22(18-13-31-34(15-18)14-17-6-7-19(29)12-20(17)30)21(16-37)36(23)32(3)28(35)8-10-33(11-9-28)27(41)42-5-2/h6-7,12-13,15,37,39H,4-5,8-11,14,16H2,1-3H3. The summed E-state index contributed by atoms with van der Waals surface area (Å²) in [5.74, 6) is -2.84. The lowest BCUT2D eigenvalue weighted by molar-refractivity contribution is -0.00171. The summed E-state index contributed by atoms with van der Waals surface area (Å²) in [6.45, 7) is 3.86. The highest BCUT2D eigenvalue weighted by atomic mass is 19.1.